The van der Waals surface area contributed by atoms with Gasteiger partial charge in [-0.05, 0) is 48.8 Å². The quantitative estimate of drug-likeness (QED) is 0.521. The Hall–Kier alpha value is -2.77. The van der Waals surface area contributed by atoms with Crippen molar-refractivity contribution in [2.24, 2.45) is 5.92 Å². The van der Waals surface area contributed by atoms with Crippen LogP contribution in [0.4, 0.5) is 11.4 Å². The summed E-state index contributed by atoms with van der Waals surface area (Å²) in [5, 5.41) is 21.1. The molecule has 3 N–H and O–H groups in total. The van der Waals surface area contributed by atoms with E-state index in [1.807, 2.05) is 11.5 Å². The van der Waals surface area contributed by atoms with E-state index < -0.39 is 25.4 Å². The number of allylic oxidation sites excluding steroid dienone is 1. The van der Waals surface area contributed by atoms with Crippen LogP contribution in [0.25, 0.3) is 5.70 Å². The molecule has 0 spiro atoms. The largest absolute Gasteiger partial charge is 0.505 e. The highest BCUT2D eigenvalue weighted by Crippen LogP contribution is 2.44. The minimum atomic E-state index is -4.06. The highest BCUT2D eigenvalue weighted by atomic mass is 32.2. The number of benzene rings is 1. The molecule has 1 aromatic carbocycles. The van der Waals surface area contributed by atoms with Gasteiger partial charge in [0.1, 0.15) is 11.3 Å². The number of hydrogen-bond donors (Lipinski definition) is 3. The second kappa shape index (κ2) is 8.17. The number of aromatic hydroxyl groups is 1. The summed E-state index contributed by atoms with van der Waals surface area (Å²) in [6, 6.07) is 4.03. The van der Waals surface area contributed by atoms with Crippen LogP contribution >= 0.6 is 11.8 Å². The molecule has 3 heterocycles. The highest BCUT2D eigenvalue weighted by Gasteiger charge is 2.32. The number of fused-ring (bicyclic) bond motifs is 1. The monoisotopic (exact) mass is 522 g/mol. The van der Waals surface area contributed by atoms with E-state index in [1.165, 1.54) is 34.6 Å². The first-order valence-corrected chi connectivity index (χ1v) is 14.9. The van der Waals surface area contributed by atoms with Crippen LogP contribution in [0, 0.1) is 5.92 Å². The number of hydrogen-bond acceptors (Lipinski definition) is 9. The van der Waals surface area contributed by atoms with Gasteiger partial charge in [0.25, 0.3) is 5.56 Å². The first-order valence-electron chi connectivity index (χ1n) is 10.5. The minimum Gasteiger partial charge on any atom is -0.505 e. The van der Waals surface area contributed by atoms with E-state index in [1.54, 1.807) is 0 Å². The van der Waals surface area contributed by atoms with Crippen LogP contribution in [-0.4, -0.2) is 38.0 Å². The van der Waals surface area contributed by atoms with Crippen molar-refractivity contribution in [1.29, 1.82) is 0 Å². The van der Waals surface area contributed by atoms with Crippen LogP contribution in [0.1, 0.15) is 35.8 Å². The molecule has 1 fully saturated rings. The molecule has 1 aliphatic carbocycles. The molecule has 2 aliphatic heterocycles. The average molecular weight is 523 g/mol. The SMILES string of the molecule is CS(=O)(=O)Nc1ccc2c(c1)S(=O)(=O)C=C(c1c(O)c(C3CC=CS3)nn(CC3CC3)c1=O)N2. The number of nitrogens with zero attached hydrogens (tertiary/aromatic N) is 2. The zero-order chi connectivity index (χ0) is 24.3. The van der Waals surface area contributed by atoms with E-state index in [2.05, 4.69) is 15.1 Å². The number of thioether (sulfide) groups is 1. The van der Waals surface area contributed by atoms with Gasteiger partial charge in [0.2, 0.25) is 19.9 Å². The Bertz CT molecular complexity index is 1510. The summed E-state index contributed by atoms with van der Waals surface area (Å²) < 4.78 is 52.8. The Morgan fingerprint density at radius 2 is 2.09 bits per heavy atom. The molecule has 0 bridgehead atoms. The fourth-order valence-electron chi connectivity index (χ4n) is 3.92. The van der Waals surface area contributed by atoms with E-state index >= 15 is 0 Å². The first kappa shape index (κ1) is 23.0. The molecule has 1 unspecified atom stereocenters. The predicted octanol–water partition coefficient (Wildman–Crippen LogP) is 2.62. The van der Waals surface area contributed by atoms with Crippen molar-refractivity contribution in [2.75, 3.05) is 16.3 Å². The molecule has 0 saturated heterocycles. The number of rotatable bonds is 6. The molecule has 180 valence electrons. The normalized spacial score (nSPS) is 21.0. The average Bonchev–Trinajstić information content (AvgIpc) is 3.39. The van der Waals surface area contributed by atoms with Gasteiger partial charge in [-0.25, -0.2) is 21.5 Å². The van der Waals surface area contributed by atoms with Gasteiger partial charge >= 0.3 is 0 Å². The Morgan fingerprint density at radius 1 is 1.32 bits per heavy atom. The number of sulfone groups is 1. The van der Waals surface area contributed by atoms with Crippen molar-refractivity contribution in [3.63, 3.8) is 0 Å². The minimum absolute atomic E-state index is 0.0528. The van der Waals surface area contributed by atoms with Crippen LogP contribution in [0.15, 0.2) is 44.8 Å². The Kier molecular flexibility index (Phi) is 5.52. The second-order valence-electron chi connectivity index (χ2n) is 8.56. The van der Waals surface area contributed by atoms with Crippen molar-refractivity contribution >= 4 is 48.7 Å². The Labute approximate surface area is 200 Å². The summed E-state index contributed by atoms with van der Waals surface area (Å²) in [5.41, 5.74) is -0.177. The van der Waals surface area contributed by atoms with Gasteiger partial charge in [-0.3, -0.25) is 9.52 Å². The number of anilines is 2. The van der Waals surface area contributed by atoms with Crippen molar-refractivity contribution < 1.29 is 21.9 Å². The molecule has 1 aromatic heterocycles. The van der Waals surface area contributed by atoms with Crippen molar-refractivity contribution in [3.05, 3.63) is 56.7 Å². The molecular formula is C21H22N4O6S3. The van der Waals surface area contributed by atoms with Gasteiger partial charge in [-0.2, -0.15) is 5.10 Å². The third kappa shape index (κ3) is 4.46. The standard InChI is InChI=1S/C21H22N4O6S3/c1-33(28,29)24-13-6-7-14-17(9-13)34(30,31)11-15(22-14)18-20(26)19(16-3-2-8-32-16)23-25(21(18)27)10-12-4-5-12/h2,6-9,11-12,16,22,24,26H,3-5,10H2,1H3. The van der Waals surface area contributed by atoms with Crippen LogP contribution in [0.3, 0.4) is 0 Å². The zero-order valence-electron chi connectivity index (χ0n) is 18.1. The van der Waals surface area contributed by atoms with Crippen LogP contribution in [-0.2, 0) is 26.4 Å². The van der Waals surface area contributed by atoms with Crippen LogP contribution in [0.5, 0.6) is 5.75 Å². The van der Waals surface area contributed by atoms with Crippen molar-refractivity contribution in [1.82, 2.24) is 9.78 Å². The third-order valence-electron chi connectivity index (χ3n) is 5.68. The topological polar surface area (TPSA) is 147 Å². The predicted molar refractivity (Wildman–Crippen MR) is 131 cm³/mol. The lowest BCUT2D eigenvalue weighted by molar-refractivity contribution is 0.438. The van der Waals surface area contributed by atoms with E-state index in [9.17, 15) is 26.7 Å². The van der Waals surface area contributed by atoms with Crippen molar-refractivity contribution in [3.8, 4) is 5.75 Å². The van der Waals surface area contributed by atoms with Gasteiger partial charge in [-0.15, -0.1) is 11.8 Å². The number of nitrogens with one attached hydrogen (secondary N) is 2. The maximum atomic E-state index is 13.3. The molecule has 5 rings (SSSR count). The van der Waals surface area contributed by atoms with Crippen molar-refractivity contribution in [2.45, 2.75) is 36.0 Å². The zero-order valence-corrected chi connectivity index (χ0v) is 20.5. The molecule has 1 atom stereocenters. The van der Waals surface area contributed by atoms with Crippen LogP contribution in [0.2, 0.25) is 0 Å². The van der Waals surface area contributed by atoms with Gasteiger partial charge in [-0.1, -0.05) is 6.08 Å². The summed E-state index contributed by atoms with van der Waals surface area (Å²) in [7, 11) is -7.66. The molecule has 0 amide bonds. The maximum Gasteiger partial charge on any atom is 0.279 e. The smallest absolute Gasteiger partial charge is 0.279 e. The Balaban J connectivity index is 1.62. The van der Waals surface area contributed by atoms with Crippen LogP contribution < -0.4 is 15.6 Å². The van der Waals surface area contributed by atoms with Gasteiger partial charge in [0.15, 0.2) is 5.75 Å². The summed E-state index contributed by atoms with van der Waals surface area (Å²) >= 11 is 1.48. The second-order valence-corrected chi connectivity index (χ2v) is 13.2. The molecule has 1 saturated carbocycles. The fourth-order valence-corrected chi connectivity index (χ4v) is 6.73. The number of sulfonamides is 1. The van der Waals surface area contributed by atoms with Gasteiger partial charge in [0, 0.05) is 12.2 Å². The Morgan fingerprint density at radius 3 is 2.74 bits per heavy atom. The van der Waals surface area contributed by atoms with E-state index in [4.69, 9.17) is 0 Å². The van der Waals surface area contributed by atoms with E-state index in [0.717, 1.165) is 24.5 Å². The maximum absolute atomic E-state index is 13.3. The molecule has 10 nitrogen and oxygen atoms in total. The van der Waals surface area contributed by atoms with E-state index in [0.29, 0.717) is 24.6 Å². The third-order valence-corrected chi connectivity index (χ3v) is 8.88. The molecule has 3 aliphatic rings. The lowest BCUT2D eigenvalue weighted by Crippen LogP contribution is -2.30. The summed E-state index contributed by atoms with van der Waals surface area (Å²) in [6.45, 7) is 0.404. The molecule has 13 heteroatoms. The molecular weight excluding hydrogens is 500 g/mol. The van der Waals surface area contributed by atoms with Gasteiger partial charge < -0.3 is 10.4 Å². The number of aromatic nitrogens is 2. The summed E-state index contributed by atoms with van der Waals surface area (Å²) in [6.07, 6.45) is 5.53. The first-order chi connectivity index (χ1) is 16.0. The molecule has 2 aromatic rings. The fraction of sp³-hybridized carbons (Fsp3) is 0.333. The lowest BCUT2D eigenvalue weighted by Gasteiger charge is -2.22. The highest BCUT2D eigenvalue weighted by molar-refractivity contribution is 8.02. The summed E-state index contributed by atoms with van der Waals surface area (Å²) in [5.74, 6) is -0.00525. The molecule has 0 radical (unpaired) electrons. The summed E-state index contributed by atoms with van der Waals surface area (Å²) in [4.78, 5) is 13.2. The van der Waals surface area contributed by atoms with E-state index in [-0.39, 0.29) is 38.5 Å². The molecule has 34 heavy (non-hydrogen) atoms. The van der Waals surface area contributed by atoms with Gasteiger partial charge in [0.05, 0.1) is 33.2 Å². The lowest BCUT2D eigenvalue weighted by atomic mass is 10.1.